The third-order valence-electron chi connectivity index (χ3n) is 3.98. The lowest BCUT2D eigenvalue weighted by Gasteiger charge is -2.09. The van der Waals surface area contributed by atoms with E-state index in [0.717, 1.165) is 17.4 Å². The molecule has 4 nitrogen and oxygen atoms in total. The van der Waals surface area contributed by atoms with Crippen molar-refractivity contribution in [3.8, 4) is 0 Å². The predicted octanol–water partition coefficient (Wildman–Crippen LogP) is 2.66. The van der Waals surface area contributed by atoms with Crippen LogP contribution in [0.3, 0.4) is 0 Å². The number of benzene rings is 1. The van der Waals surface area contributed by atoms with Crippen LogP contribution in [0.5, 0.6) is 0 Å². The summed E-state index contributed by atoms with van der Waals surface area (Å²) >= 11 is 0. The molecule has 0 atom stereocenters. The molecule has 0 bridgehead atoms. The first-order valence-electron chi connectivity index (χ1n) is 7.07. The molecule has 1 aromatic rings. The number of hydrogen-bond donors (Lipinski definition) is 2. The number of aryl methyl sites for hydroxylation is 1. The molecule has 0 spiro atoms. The summed E-state index contributed by atoms with van der Waals surface area (Å²) in [7, 11) is -4.02. The molecule has 0 saturated heterocycles. The minimum Gasteiger partial charge on any atom is -0.396 e. The zero-order valence-electron chi connectivity index (χ0n) is 11.7. The Balaban J connectivity index is 0.000000149. The Kier molecular flexibility index (Phi) is 4.83. The first kappa shape index (κ1) is 15.5. The smallest absolute Gasteiger partial charge is 0.294 e. The van der Waals surface area contributed by atoms with Crippen molar-refractivity contribution in [2.75, 3.05) is 6.61 Å². The van der Waals surface area contributed by atoms with Gasteiger partial charge in [0.1, 0.15) is 0 Å². The predicted molar refractivity (Wildman–Crippen MR) is 77.0 cm³/mol. The number of rotatable bonds is 4. The molecular formula is C15H22O4S. The molecule has 2 N–H and O–H groups in total. The fourth-order valence-corrected chi connectivity index (χ4v) is 2.92. The largest absolute Gasteiger partial charge is 0.396 e. The third kappa shape index (κ3) is 4.58. The van der Waals surface area contributed by atoms with Crippen molar-refractivity contribution in [2.45, 2.75) is 37.5 Å². The van der Waals surface area contributed by atoms with Crippen molar-refractivity contribution in [3.05, 3.63) is 29.8 Å². The van der Waals surface area contributed by atoms with Crippen molar-refractivity contribution in [1.82, 2.24) is 0 Å². The first-order chi connectivity index (χ1) is 9.41. The van der Waals surface area contributed by atoms with Gasteiger partial charge in [0.2, 0.25) is 0 Å². The van der Waals surface area contributed by atoms with Gasteiger partial charge in [-0.2, -0.15) is 8.42 Å². The third-order valence-corrected chi connectivity index (χ3v) is 4.85. The van der Waals surface area contributed by atoms with Gasteiger partial charge in [-0.15, -0.1) is 0 Å². The van der Waals surface area contributed by atoms with Crippen molar-refractivity contribution < 1.29 is 18.1 Å². The molecule has 5 heteroatoms. The van der Waals surface area contributed by atoms with E-state index in [1.807, 2.05) is 6.92 Å². The summed E-state index contributed by atoms with van der Waals surface area (Å²) in [6, 6.07) is 5.99. The summed E-state index contributed by atoms with van der Waals surface area (Å²) in [5, 5.41) is 8.95. The van der Waals surface area contributed by atoms with Crippen LogP contribution in [0.25, 0.3) is 0 Å². The van der Waals surface area contributed by atoms with Crippen molar-refractivity contribution in [2.24, 2.45) is 17.8 Å². The summed E-state index contributed by atoms with van der Waals surface area (Å²) in [6.45, 7) is 2.29. The molecule has 1 aromatic carbocycles. The maximum absolute atomic E-state index is 10.5. The summed E-state index contributed by atoms with van der Waals surface area (Å²) in [5.41, 5.74) is 0.956. The first-order valence-corrected chi connectivity index (χ1v) is 8.51. The molecule has 0 amide bonds. The number of aliphatic hydroxyl groups excluding tert-OH is 1. The van der Waals surface area contributed by atoms with Gasteiger partial charge in [-0.25, -0.2) is 0 Å². The molecule has 0 unspecified atom stereocenters. The molecule has 2 aliphatic carbocycles. The van der Waals surface area contributed by atoms with Crippen LogP contribution in [0.2, 0.25) is 0 Å². The lowest BCUT2D eigenvalue weighted by molar-refractivity contribution is 0.192. The Morgan fingerprint density at radius 3 is 1.85 bits per heavy atom. The quantitative estimate of drug-likeness (QED) is 0.838. The van der Waals surface area contributed by atoms with Gasteiger partial charge in [0.05, 0.1) is 4.90 Å². The maximum atomic E-state index is 10.5. The summed E-state index contributed by atoms with van der Waals surface area (Å²) in [5.74, 6) is 2.54. The van der Waals surface area contributed by atoms with Gasteiger partial charge in [0, 0.05) is 6.61 Å². The highest BCUT2D eigenvalue weighted by Gasteiger charge is 2.40. The average Bonchev–Trinajstić information content (AvgIpc) is 3.25. The van der Waals surface area contributed by atoms with Crippen molar-refractivity contribution in [1.29, 1.82) is 0 Å². The highest BCUT2D eigenvalue weighted by atomic mass is 32.2. The van der Waals surface area contributed by atoms with Crippen LogP contribution in [-0.4, -0.2) is 24.7 Å². The van der Waals surface area contributed by atoms with E-state index in [4.69, 9.17) is 9.66 Å². The average molecular weight is 298 g/mol. The molecule has 20 heavy (non-hydrogen) atoms. The Labute approximate surface area is 120 Å². The number of hydrogen-bond acceptors (Lipinski definition) is 3. The van der Waals surface area contributed by atoms with Gasteiger partial charge in [0.25, 0.3) is 10.1 Å². The van der Waals surface area contributed by atoms with Crippen LogP contribution >= 0.6 is 0 Å². The molecule has 2 saturated carbocycles. The van der Waals surface area contributed by atoms with Gasteiger partial charge >= 0.3 is 0 Å². The summed E-state index contributed by atoms with van der Waals surface area (Å²) < 4.78 is 29.6. The van der Waals surface area contributed by atoms with Crippen molar-refractivity contribution in [3.63, 3.8) is 0 Å². The van der Waals surface area contributed by atoms with Gasteiger partial charge in [-0.05, 0) is 62.5 Å². The Hall–Kier alpha value is -0.910. The second-order valence-corrected chi connectivity index (χ2v) is 7.23. The summed E-state index contributed by atoms with van der Waals surface area (Å²) in [6.07, 6.45) is 5.56. The second-order valence-electron chi connectivity index (χ2n) is 5.81. The maximum Gasteiger partial charge on any atom is 0.294 e. The van der Waals surface area contributed by atoms with Gasteiger partial charge in [-0.1, -0.05) is 17.7 Å². The molecule has 0 heterocycles. The molecule has 2 fully saturated rings. The second kappa shape index (κ2) is 6.24. The lowest BCUT2D eigenvalue weighted by Crippen LogP contribution is -2.10. The monoisotopic (exact) mass is 298 g/mol. The van der Waals surface area contributed by atoms with E-state index in [2.05, 4.69) is 0 Å². The van der Waals surface area contributed by atoms with Crippen LogP contribution in [0, 0.1) is 24.7 Å². The molecule has 0 radical (unpaired) electrons. The Morgan fingerprint density at radius 1 is 1.10 bits per heavy atom. The highest BCUT2D eigenvalue weighted by Crippen LogP contribution is 2.48. The Morgan fingerprint density at radius 2 is 1.55 bits per heavy atom. The molecular weight excluding hydrogens is 276 g/mol. The molecule has 3 rings (SSSR count). The molecule has 0 aromatic heterocycles. The normalized spacial score (nSPS) is 18.6. The standard InChI is InChI=1S/C8H14O.C7H8O3S/c9-5-8(6-1-2-6)7-3-4-7;1-6-2-4-7(5-3-6)11(8,9)10/h6-9H,1-5H2;2-5H,1H3,(H,8,9,10). The molecule has 0 aliphatic heterocycles. The number of aliphatic hydroxyl groups is 1. The zero-order valence-corrected chi connectivity index (χ0v) is 12.5. The topological polar surface area (TPSA) is 74.6 Å². The van der Waals surface area contributed by atoms with Crippen LogP contribution in [0.15, 0.2) is 29.2 Å². The molecule has 112 valence electrons. The van der Waals surface area contributed by atoms with E-state index in [1.165, 1.54) is 37.8 Å². The van der Waals surface area contributed by atoms with Crippen LogP contribution in [-0.2, 0) is 10.1 Å². The minimum atomic E-state index is -4.02. The molecule has 2 aliphatic rings. The van der Waals surface area contributed by atoms with Crippen LogP contribution in [0.1, 0.15) is 31.2 Å². The van der Waals surface area contributed by atoms with Gasteiger partial charge < -0.3 is 5.11 Å². The van der Waals surface area contributed by atoms with E-state index in [-0.39, 0.29) is 4.90 Å². The van der Waals surface area contributed by atoms with E-state index in [9.17, 15) is 8.42 Å². The highest BCUT2D eigenvalue weighted by molar-refractivity contribution is 7.85. The Bertz CT molecular complexity index is 515. The van der Waals surface area contributed by atoms with Gasteiger partial charge in [0.15, 0.2) is 0 Å². The zero-order chi connectivity index (χ0) is 14.8. The van der Waals surface area contributed by atoms with E-state index >= 15 is 0 Å². The van der Waals surface area contributed by atoms with E-state index in [1.54, 1.807) is 12.1 Å². The van der Waals surface area contributed by atoms with Crippen molar-refractivity contribution >= 4 is 10.1 Å². The fraction of sp³-hybridized carbons (Fsp3) is 0.600. The van der Waals surface area contributed by atoms with E-state index < -0.39 is 10.1 Å². The fourth-order valence-electron chi connectivity index (χ4n) is 2.44. The lowest BCUT2D eigenvalue weighted by atomic mass is 9.99. The van der Waals surface area contributed by atoms with Gasteiger partial charge in [-0.3, -0.25) is 4.55 Å². The van der Waals surface area contributed by atoms with Crippen LogP contribution < -0.4 is 0 Å². The van der Waals surface area contributed by atoms with Crippen LogP contribution in [0.4, 0.5) is 0 Å². The minimum absolute atomic E-state index is 0.0666. The SMILES string of the molecule is Cc1ccc(S(=O)(=O)O)cc1.OCC(C1CC1)C1CC1. The van der Waals surface area contributed by atoms with E-state index in [0.29, 0.717) is 12.5 Å². The summed E-state index contributed by atoms with van der Waals surface area (Å²) in [4.78, 5) is -0.0666.